The first kappa shape index (κ1) is 13.3. The summed E-state index contributed by atoms with van der Waals surface area (Å²) in [6, 6.07) is 8.82. The zero-order valence-corrected chi connectivity index (χ0v) is 13.9. The van der Waals surface area contributed by atoms with E-state index in [4.69, 9.17) is 0 Å². The smallest absolute Gasteiger partial charge is 0.0236 e. The van der Waals surface area contributed by atoms with Gasteiger partial charge in [-0.15, -0.1) is 0 Å². The van der Waals surface area contributed by atoms with Crippen molar-refractivity contribution < 1.29 is 0 Å². The number of benzene rings is 1. The molecule has 0 aromatic heterocycles. The van der Waals surface area contributed by atoms with Gasteiger partial charge in [-0.25, -0.2) is 0 Å². The second-order valence-electron chi connectivity index (χ2n) is 7.63. The number of halogens is 1. The summed E-state index contributed by atoms with van der Waals surface area (Å²) in [5.74, 6) is 3.10. The van der Waals surface area contributed by atoms with Gasteiger partial charge in [-0.3, -0.25) is 4.90 Å². The lowest BCUT2D eigenvalue weighted by atomic mass is 9.52. The fraction of sp³-hybridized carbons (Fsp3) is 0.667. The van der Waals surface area contributed by atoms with Crippen molar-refractivity contribution in [1.82, 2.24) is 4.90 Å². The van der Waals surface area contributed by atoms with Gasteiger partial charge in [0.25, 0.3) is 0 Å². The van der Waals surface area contributed by atoms with Crippen molar-refractivity contribution in [3.63, 3.8) is 0 Å². The van der Waals surface area contributed by atoms with Crippen molar-refractivity contribution >= 4 is 15.9 Å². The molecule has 4 aliphatic rings. The largest absolute Gasteiger partial charge is 0.296 e. The zero-order valence-electron chi connectivity index (χ0n) is 12.3. The number of nitrogens with zero attached hydrogens (tertiary/aromatic N) is 1. The summed E-state index contributed by atoms with van der Waals surface area (Å²) >= 11 is 3.60. The van der Waals surface area contributed by atoms with Gasteiger partial charge in [-0.05, 0) is 81.0 Å². The molecule has 108 valence electrons. The van der Waals surface area contributed by atoms with Gasteiger partial charge in [-0.1, -0.05) is 28.1 Å². The molecule has 0 atom stereocenters. The van der Waals surface area contributed by atoms with Crippen LogP contribution < -0.4 is 0 Å². The normalized spacial score (nSPS) is 38.6. The van der Waals surface area contributed by atoms with Gasteiger partial charge in [0.05, 0.1) is 0 Å². The van der Waals surface area contributed by atoms with E-state index in [-0.39, 0.29) is 0 Å². The average molecular weight is 334 g/mol. The van der Waals surface area contributed by atoms with Gasteiger partial charge >= 0.3 is 0 Å². The predicted octanol–water partition coefficient (Wildman–Crippen LogP) is 4.85. The molecule has 2 heteroatoms. The molecule has 0 amide bonds. The van der Waals surface area contributed by atoms with Crippen LogP contribution in [0.4, 0.5) is 0 Å². The fourth-order valence-corrected chi connectivity index (χ4v) is 6.06. The third-order valence-electron chi connectivity index (χ3n) is 6.12. The molecule has 1 aromatic carbocycles. The minimum Gasteiger partial charge on any atom is -0.296 e. The monoisotopic (exact) mass is 333 g/mol. The molecule has 0 N–H and O–H groups in total. The summed E-state index contributed by atoms with van der Waals surface area (Å²) in [7, 11) is 2.37. The first-order valence-corrected chi connectivity index (χ1v) is 8.88. The maximum atomic E-state index is 3.60. The van der Waals surface area contributed by atoms with E-state index < -0.39 is 0 Å². The van der Waals surface area contributed by atoms with E-state index in [1.165, 1.54) is 48.6 Å². The lowest BCUT2D eigenvalue weighted by Crippen LogP contribution is -2.58. The Kier molecular flexibility index (Phi) is 3.23. The first-order valence-electron chi connectivity index (χ1n) is 8.09. The average Bonchev–Trinajstić information content (AvgIpc) is 2.37. The minimum atomic E-state index is 0.525. The van der Waals surface area contributed by atoms with Crippen LogP contribution in [0.25, 0.3) is 0 Å². The fourth-order valence-electron chi connectivity index (χ4n) is 5.61. The van der Waals surface area contributed by atoms with E-state index in [0.29, 0.717) is 5.54 Å². The maximum absolute atomic E-state index is 3.60. The molecular formula is C18H24BrN. The van der Waals surface area contributed by atoms with Crippen molar-refractivity contribution in [1.29, 1.82) is 0 Å². The molecule has 1 nitrogen and oxygen atoms in total. The molecule has 0 unspecified atom stereocenters. The minimum absolute atomic E-state index is 0.525. The van der Waals surface area contributed by atoms with Gasteiger partial charge < -0.3 is 0 Å². The van der Waals surface area contributed by atoms with E-state index >= 15 is 0 Å². The Labute approximate surface area is 130 Å². The van der Waals surface area contributed by atoms with E-state index in [1.807, 2.05) is 0 Å². The predicted molar refractivity (Wildman–Crippen MR) is 86.5 cm³/mol. The Balaban J connectivity index is 1.54. The SMILES string of the molecule is CN(Cc1cccc(Br)c1)C12CC3CC(CC(C3)C1)C2. The highest BCUT2D eigenvalue weighted by Gasteiger charge is 2.52. The Morgan fingerprint density at radius 1 is 1.10 bits per heavy atom. The molecule has 5 rings (SSSR count). The second kappa shape index (κ2) is 4.84. The quantitative estimate of drug-likeness (QED) is 0.764. The Hall–Kier alpha value is -0.340. The molecule has 4 saturated carbocycles. The van der Waals surface area contributed by atoms with Crippen LogP contribution in [-0.4, -0.2) is 17.5 Å². The highest BCUT2D eigenvalue weighted by atomic mass is 79.9. The summed E-state index contributed by atoms with van der Waals surface area (Å²) < 4.78 is 1.20. The second-order valence-corrected chi connectivity index (χ2v) is 8.54. The Morgan fingerprint density at radius 2 is 1.70 bits per heavy atom. The van der Waals surface area contributed by atoms with E-state index in [9.17, 15) is 0 Å². The summed E-state index contributed by atoms with van der Waals surface area (Å²) in [4.78, 5) is 2.69. The number of hydrogen-bond donors (Lipinski definition) is 0. The third kappa shape index (κ3) is 2.25. The molecule has 4 aliphatic carbocycles. The van der Waals surface area contributed by atoms with Crippen LogP contribution in [0, 0.1) is 17.8 Å². The first-order chi connectivity index (χ1) is 9.63. The maximum Gasteiger partial charge on any atom is 0.0236 e. The van der Waals surface area contributed by atoms with Crippen molar-refractivity contribution in [2.45, 2.75) is 50.6 Å². The van der Waals surface area contributed by atoms with Gasteiger partial charge in [0.15, 0.2) is 0 Å². The van der Waals surface area contributed by atoms with Crippen LogP contribution >= 0.6 is 15.9 Å². The standard InChI is InChI=1S/C18H24BrN/c1-20(12-13-3-2-4-17(19)8-13)18-9-14-5-15(10-18)7-16(6-14)11-18/h2-4,8,14-16H,5-7,9-12H2,1H3. The molecule has 0 radical (unpaired) electrons. The van der Waals surface area contributed by atoms with Crippen molar-refractivity contribution in [2.75, 3.05) is 7.05 Å². The van der Waals surface area contributed by atoms with Crippen LogP contribution in [0.15, 0.2) is 28.7 Å². The lowest BCUT2D eigenvalue weighted by Gasteiger charge is -2.60. The van der Waals surface area contributed by atoms with Crippen LogP contribution in [0.1, 0.15) is 44.1 Å². The van der Waals surface area contributed by atoms with Crippen LogP contribution in [-0.2, 0) is 6.54 Å². The number of rotatable bonds is 3. The van der Waals surface area contributed by atoms with Crippen molar-refractivity contribution in [2.24, 2.45) is 17.8 Å². The Morgan fingerprint density at radius 3 is 2.25 bits per heavy atom. The highest BCUT2D eigenvalue weighted by molar-refractivity contribution is 9.10. The Bertz CT molecular complexity index is 475. The zero-order chi connectivity index (χ0) is 13.7. The van der Waals surface area contributed by atoms with E-state index in [0.717, 1.165) is 24.3 Å². The summed E-state index contributed by atoms with van der Waals surface area (Å²) in [5.41, 5.74) is 1.97. The summed E-state index contributed by atoms with van der Waals surface area (Å²) in [6.45, 7) is 1.10. The molecular weight excluding hydrogens is 310 g/mol. The highest BCUT2D eigenvalue weighted by Crippen LogP contribution is 2.57. The molecule has 0 spiro atoms. The van der Waals surface area contributed by atoms with Crippen LogP contribution in [0.2, 0.25) is 0 Å². The molecule has 20 heavy (non-hydrogen) atoms. The molecule has 0 heterocycles. The van der Waals surface area contributed by atoms with E-state index in [1.54, 1.807) is 0 Å². The van der Waals surface area contributed by atoms with Gasteiger partial charge in [0.1, 0.15) is 0 Å². The van der Waals surface area contributed by atoms with Crippen molar-refractivity contribution in [3.05, 3.63) is 34.3 Å². The van der Waals surface area contributed by atoms with E-state index in [2.05, 4.69) is 52.1 Å². The van der Waals surface area contributed by atoms with Crippen LogP contribution in [0.5, 0.6) is 0 Å². The van der Waals surface area contributed by atoms with Crippen LogP contribution in [0.3, 0.4) is 0 Å². The summed E-state index contributed by atoms with van der Waals surface area (Å²) in [6.07, 6.45) is 8.98. The lowest BCUT2D eigenvalue weighted by molar-refractivity contribution is -0.0822. The van der Waals surface area contributed by atoms with Gasteiger partial charge in [0, 0.05) is 16.6 Å². The topological polar surface area (TPSA) is 3.24 Å². The van der Waals surface area contributed by atoms with Gasteiger partial charge in [0.2, 0.25) is 0 Å². The third-order valence-corrected chi connectivity index (χ3v) is 6.62. The summed E-state index contributed by atoms with van der Waals surface area (Å²) in [5, 5.41) is 0. The van der Waals surface area contributed by atoms with Gasteiger partial charge in [-0.2, -0.15) is 0 Å². The molecule has 4 fully saturated rings. The molecule has 0 saturated heterocycles. The molecule has 4 bridgehead atoms. The van der Waals surface area contributed by atoms with Crippen molar-refractivity contribution in [3.8, 4) is 0 Å². The number of hydrogen-bond acceptors (Lipinski definition) is 1. The molecule has 0 aliphatic heterocycles. The molecule has 1 aromatic rings.